The maximum atomic E-state index is 4.90. The summed E-state index contributed by atoms with van der Waals surface area (Å²) in [6, 6.07) is 8.71. The molecular formula is C20H24N4. The van der Waals surface area contributed by atoms with Crippen LogP contribution >= 0.6 is 0 Å². The van der Waals surface area contributed by atoms with E-state index >= 15 is 0 Å². The Kier molecular flexibility index (Phi) is 3.85. The molecule has 0 saturated carbocycles. The van der Waals surface area contributed by atoms with Gasteiger partial charge in [-0.1, -0.05) is 18.2 Å². The number of imidazole rings is 1. The zero-order valence-electron chi connectivity index (χ0n) is 14.7. The van der Waals surface area contributed by atoms with Crippen molar-refractivity contribution in [3.8, 4) is 0 Å². The summed E-state index contributed by atoms with van der Waals surface area (Å²) in [5.41, 5.74) is 7.56. The number of pyridine rings is 1. The monoisotopic (exact) mass is 320 g/mol. The Morgan fingerprint density at radius 2 is 2.08 bits per heavy atom. The van der Waals surface area contributed by atoms with Crippen LogP contribution < -0.4 is 0 Å². The van der Waals surface area contributed by atoms with E-state index in [1.165, 1.54) is 40.9 Å². The molecule has 0 N–H and O–H groups in total. The lowest BCUT2D eigenvalue weighted by Crippen LogP contribution is -2.22. The molecule has 1 aliphatic heterocycles. The molecule has 0 aliphatic carbocycles. The third-order valence-corrected chi connectivity index (χ3v) is 4.91. The van der Waals surface area contributed by atoms with Gasteiger partial charge in [-0.3, -0.25) is 9.88 Å². The van der Waals surface area contributed by atoms with E-state index in [0.717, 1.165) is 30.8 Å². The highest BCUT2D eigenvalue weighted by molar-refractivity contribution is 5.80. The lowest BCUT2D eigenvalue weighted by molar-refractivity contribution is 0.300. The highest BCUT2D eigenvalue weighted by Crippen LogP contribution is 2.27. The molecule has 3 aromatic rings. The van der Waals surface area contributed by atoms with Gasteiger partial charge < -0.3 is 4.57 Å². The summed E-state index contributed by atoms with van der Waals surface area (Å²) in [6.45, 7) is 7.01. The number of aryl methyl sites for hydroxylation is 4. The predicted molar refractivity (Wildman–Crippen MR) is 96.9 cm³/mol. The van der Waals surface area contributed by atoms with Crippen molar-refractivity contribution in [1.29, 1.82) is 0 Å². The molecule has 2 aromatic heterocycles. The Bertz CT molecular complexity index is 894. The second kappa shape index (κ2) is 6.02. The summed E-state index contributed by atoms with van der Waals surface area (Å²) in [6.07, 6.45) is 4.33. The van der Waals surface area contributed by atoms with Crippen molar-refractivity contribution in [1.82, 2.24) is 19.4 Å². The molecule has 1 aliphatic rings. The SMILES string of the molecule is Cc1cnc(CN(C)Cc2nc3cccc4c3n2CCC4)c(C)c1. The normalized spacial score (nSPS) is 13.8. The van der Waals surface area contributed by atoms with Crippen LogP contribution in [0.4, 0.5) is 0 Å². The molecule has 4 heteroatoms. The molecule has 0 amide bonds. The minimum Gasteiger partial charge on any atom is -0.327 e. The summed E-state index contributed by atoms with van der Waals surface area (Å²) in [7, 11) is 2.15. The maximum Gasteiger partial charge on any atom is 0.124 e. The summed E-state index contributed by atoms with van der Waals surface area (Å²) >= 11 is 0. The maximum absolute atomic E-state index is 4.90. The topological polar surface area (TPSA) is 34.0 Å². The minimum atomic E-state index is 0.849. The van der Waals surface area contributed by atoms with Gasteiger partial charge in [0, 0.05) is 19.3 Å². The quantitative estimate of drug-likeness (QED) is 0.736. The van der Waals surface area contributed by atoms with Crippen LogP contribution in [0.1, 0.15) is 34.6 Å². The molecule has 0 saturated heterocycles. The number of benzene rings is 1. The van der Waals surface area contributed by atoms with Gasteiger partial charge in [-0.15, -0.1) is 0 Å². The van der Waals surface area contributed by atoms with Crippen molar-refractivity contribution in [2.75, 3.05) is 7.05 Å². The molecule has 0 atom stereocenters. The zero-order chi connectivity index (χ0) is 16.7. The molecule has 1 aromatic carbocycles. The highest BCUT2D eigenvalue weighted by atomic mass is 15.2. The Morgan fingerprint density at radius 3 is 2.92 bits per heavy atom. The van der Waals surface area contributed by atoms with Gasteiger partial charge in [0.05, 0.1) is 23.3 Å². The smallest absolute Gasteiger partial charge is 0.124 e. The zero-order valence-corrected chi connectivity index (χ0v) is 14.7. The summed E-state index contributed by atoms with van der Waals surface area (Å²) < 4.78 is 2.42. The minimum absolute atomic E-state index is 0.849. The highest BCUT2D eigenvalue weighted by Gasteiger charge is 2.18. The lowest BCUT2D eigenvalue weighted by atomic mass is 10.0. The van der Waals surface area contributed by atoms with E-state index in [2.05, 4.69) is 59.6 Å². The molecule has 4 nitrogen and oxygen atoms in total. The Balaban J connectivity index is 1.59. The van der Waals surface area contributed by atoms with Gasteiger partial charge >= 0.3 is 0 Å². The molecule has 0 radical (unpaired) electrons. The van der Waals surface area contributed by atoms with E-state index in [1.54, 1.807) is 0 Å². The molecule has 24 heavy (non-hydrogen) atoms. The van der Waals surface area contributed by atoms with E-state index in [-0.39, 0.29) is 0 Å². The van der Waals surface area contributed by atoms with Crippen LogP contribution in [0.3, 0.4) is 0 Å². The van der Waals surface area contributed by atoms with Crippen LogP contribution in [0, 0.1) is 13.8 Å². The van der Waals surface area contributed by atoms with Crippen molar-refractivity contribution in [3.63, 3.8) is 0 Å². The summed E-state index contributed by atoms with van der Waals surface area (Å²) in [4.78, 5) is 11.8. The van der Waals surface area contributed by atoms with Gasteiger partial charge in [0.2, 0.25) is 0 Å². The lowest BCUT2D eigenvalue weighted by Gasteiger charge is -2.20. The molecular weight excluding hydrogens is 296 g/mol. The van der Waals surface area contributed by atoms with Crippen LogP contribution in [0.2, 0.25) is 0 Å². The molecule has 0 spiro atoms. The van der Waals surface area contributed by atoms with Crippen molar-refractivity contribution in [3.05, 3.63) is 58.7 Å². The average molecular weight is 320 g/mol. The third kappa shape index (κ3) is 2.71. The van der Waals surface area contributed by atoms with Gasteiger partial charge in [-0.25, -0.2) is 4.98 Å². The average Bonchev–Trinajstić information content (AvgIpc) is 2.90. The van der Waals surface area contributed by atoms with Crippen LogP contribution in [0.15, 0.2) is 30.5 Å². The summed E-state index contributed by atoms with van der Waals surface area (Å²) in [5, 5.41) is 0. The van der Waals surface area contributed by atoms with Gasteiger partial charge in [0.15, 0.2) is 0 Å². The van der Waals surface area contributed by atoms with E-state index < -0.39 is 0 Å². The van der Waals surface area contributed by atoms with Crippen molar-refractivity contribution in [2.24, 2.45) is 0 Å². The number of nitrogens with zero attached hydrogens (tertiary/aromatic N) is 4. The third-order valence-electron chi connectivity index (χ3n) is 4.91. The molecule has 124 valence electrons. The standard InChI is InChI=1S/C20H24N4/c1-14-10-15(2)18(21-11-14)12-23(3)13-19-22-17-8-4-6-16-7-5-9-24(19)20(16)17/h4,6,8,10-11H,5,7,9,12-13H2,1-3H3. The van der Waals surface area contributed by atoms with Gasteiger partial charge in [0.25, 0.3) is 0 Å². The Hall–Kier alpha value is -2.20. The number of hydrogen-bond acceptors (Lipinski definition) is 3. The van der Waals surface area contributed by atoms with Crippen molar-refractivity contribution < 1.29 is 0 Å². The van der Waals surface area contributed by atoms with Gasteiger partial charge in [-0.05, 0) is 56.5 Å². The number of rotatable bonds is 4. The largest absolute Gasteiger partial charge is 0.327 e. The van der Waals surface area contributed by atoms with Gasteiger partial charge in [-0.2, -0.15) is 0 Å². The Labute approximate surface area is 143 Å². The first-order valence-electron chi connectivity index (χ1n) is 8.69. The molecule has 3 heterocycles. The fraction of sp³-hybridized carbons (Fsp3) is 0.400. The second-order valence-electron chi connectivity index (χ2n) is 7.02. The van der Waals surface area contributed by atoms with E-state index in [4.69, 9.17) is 4.98 Å². The Morgan fingerprint density at radius 1 is 1.21 bits per heavy atom. The number of hydrogen-bond donors (Lipinski definition) is 0. The second-order valence-corrected chi connectivity index (χ2v) is 7.02. The van der Waals surface area contributed by atoms with E-state index in [9.17, 15) is 0 Å². The first-order chi connectivity index (χ1) is 11.6. The van der Waals surface area contributed by atoms with Crippen LogP contribution in [0.25, 0.3) is 11.0 Å². The molecule has 0 fully saturated rings. The van der Waals surface area contributed by atoms with Crippen LogP contribution in [0.5, 0.6) is 0 Å². The number of aromatic nitrogens is 3. The predicted octanol–water partition coefficient (Wildman–Crippen LogP) is 3.63. The first-order valence-corrected chi connectivity index (χ1v) is 8.69. The van der Waals surface area contributed by atoms with Crippen LogP contribution in [-0.2, 0) is 26.1 Å². The summed E-state index contributed by atoms with van der Waals surface area (Å²) in [5.74, 6) is 1.17. The first kappa shape index (κ1) is 15.3. The molecule has 0 bridgehead atoms. The van der Waals surface area contributed by atoms with Crippen molar-refractivity contribution in [2.45, 2.75) is 46.3 Å². The fourth-order valence-corrected chi connectivity index (χ4v) is 3.76. The van der Waals surface area contributed by atoms with Gasteiger partial charge in [0.1, 0.15) is 5.82 Å². The van der Waals surface area contributed by atoms with E-state index in [0.29, 0.717) is 0 Å². The molecule has 0 unspecified atom stereocenters. The number of para-hydroxylation sites is 1. The van der Waals surface area contributed by atoms with Crippen molar-refractivity contribution >= 4 is 11.0 Å². The fourth-order valence-electron chi connectivity index (χ4n) is 3.76. The molecule has 4 rings (SSSR count). The van der Waals surface area contributed by atoms with E-state index in [1.807, 2.05) is 6.20 Å². The van der Waals surface area contributed by atoms with Crippen LogP contribution in [-0.4, -0.2) is 26.5 Å².